The standard InChI is InChI=1S/C19H21N3O2/c1-13-9-16(15-6-5-14(24-3)10-17(15)21-13)18(23)22-8-4-7-19(2,11-20)12-22/h5-6,9-10H,4,7-8,12H2,1-3H3. The normalized spacial score (nSPS) is 20.7. The molecular weight excluding hydrogens is 302 g/mol. The number of likely N-dealkylation sites (tertiary alicyclic amines) is 1. The summed E-state index contributed by atoms with van der Waals surface area (Å²) in [7, 11) is 1.61. The molecule has 2 heterocycles. The molecule has 0 saturated carbocycles. The first-order chi connectivity index (χ1) is 11.5. The van der Waals surface area contributed by atoms with Crippen LogP contribution in [0.5, 0.6) is 5.75 Å². The van der Waals surface area contributed by atoms with E-state index in [9.17, 15) is 10.1 Å². The first-order valence-electron chi connectivity index (χ1n) is 8.12. The molecule has 0 spiro atoms. The molecule has 1 aromatic heterocycles. The fraction of sp³-hybridized carbons (Fsp3) is 0.421. The SMILES string of the molecule is COc1ccc2c(C(=O)N3CCCC(C)(C#N)C3)cc(C)nc2c1. The zero-order valence-electron chi connectivity index (χ0n) is 14.3. The number of nitrogens with zero attached hydrogens (tertiary/aromatic N) is 3. The Morgan fingerprint density at radius 3 is 2.92 bits per heavy atom. The largest absolute Gasteiger partial charge is 0.497 e. The minimum absolute atomic E-state index is 0.0307. The van der Waals surface area contributed by atoms with Crippen LogP contribution in [-0.2, 0) is 0 Å². The highest BCUT2D eigenvalue weighted by atomic mass is 16.5. The van der Waals surface area contributed by atoms with Crippen molar-refractivity contribution in [3.63, 3.8) is 0 Å². The summed E-state index contributed by atoms with van der Waals surface area (Å²) < 4.78 is 5.25. The molecule has 5 nitrogen and oxygen atoms in total. The molecule has 1 atom stereocenters. The summed E-state index contributed by atoms with van der Waals surface area (Å²) in [6, 6.07) is 9.74. The lowest BCUT2D eigenvalue weighted by molar-refractivity contribution is 0.0632. The molecule has 24 heavy (non-hydrogen) atoms. The van der Waals surface area contributed by atoms with Gasteiger partial charge < -0.3 is 9.64 Å². The number of ether oxygens (including phenoxy) is 1. The van der Waals surface area contributed by atoms with Gasteiger partial charge in [-0.25, -0.2) is 0 Å². The van der Waals surface area contributed by atoms with E-state index in [0.29, 0.717) is 24.4 Å². The Balaban J connectivity index is 2.02. The van der Waals surface area contributed by atoms with Crippen molar-refractivity contribution < 1.29 is 9.53 Å². The average Bonchev–Trinajstić information content (AvgIpc) is 2.59. The van der Waals surface area contributed by atoms with Crippen molar-refractivity contribution in [1.29, 1.82) is 5.26 Å². The lowest BCUT2D eigenvalue weighted by Crippen LogP contribution is -2.44. The highest BCUT2D eigenvalue weighted by Crippen LogP contribution is 2.31. The number of hydrogen-bond donors (Lipinski definition) is 0. The van der Waals surface area contributed by atoms with Gasteiger partial charge in [0.2, 0.25) is 0 Å². The molecule has 0 N–H and O–H groups in total. The molecule has 0 radical (unpaired) electrons. The van der Waals surface area contributed by atoms with E-state index in [4.69, 9.17) is 4.74 Å². The molecule has 0 aliphatic carbocycles. The van der Waals surface area contributed by atoms with Gasteiger partial charge in [0, 0.05) is 30.2 Å². The van der Waals surface area contributed by atoms with Crippen LogP contribution in [0.2, 0.25) is 0 Å². The Morgan fingerprint density at radius 1 is 1.42 bits per heavy atom. The monoisotopic (exact) mass is 323 g/mol. The van der Waals surface area contributed by atoms with Gasteiger partial charge in [-0.3, -0.25) is 9.78 Å². The Labute approximate surface area is 141 Å². The van der Waals surface area contributed by atoms with Crippen LogP contribution in [0.25, 0.3) is 10.9 Å². The molecule has 3 rings (SSSR count). The van der Waals surface area contributed by atoms with Crippen LogP contribution in [0, 0.1) is 23.7 Å². The van der Waals surface area contributed by atoms with Gasteiger partial charge in [-0.1, -0.05) is 0 Å². The number of methoxy groups -OCH3 is 1. The number of aryl methyl sites for hydroxylation is 1. The number of hydrogen-bond acceptors (Lipinski definition) is 4. The van der Waals surface area contributed by atoms with Crippen LogP contribution in [-0.4, -0.2) is 36.0 Å². The van der Waals surface area contributed by atoms with E-state index < -0.39 is 5.41 Å². The maximum absolute atomic E-state index is 13.1. The number of pyridine rings is 1. The van der Waals surface area contributed by atoms with Crippen molar-refractivity contribution >= 4 is 16.8 Å². The fourth-order valence-electron chi connectivity index (χ4n) is 3.32. The van der Waals surface area contributed by atoms with E-state index in [1.54, 1.807) is 12.0 Å². The summed E-state index contributed by atoms with van der Waals surface area (Å²) >= 11 is 0. The lowest BCUT2D eigenvalue weighted by atomic mass is 9.83. The number of piperidine rings is 1. The van der Waals surface area contributed by atoms with E-state index >= 15 is 0 Å². The molecule has 1 fully saturated rings. The van der Waals surface area contributed by atoms with Crippen LogP contribution < -0.4 is 4.74 Å². The maximum Gasteiger partial charge on any atom is 0.254 e. The number of carbonyl (C=O) groups is 1. The molecule has 1 amide bonds. The molecule has 1 saturated heterocycles. The first-order valence-corrected chi connectivity index (χ1v) is 8.12. The predicted octanol–water partition coefficient (Wildman–Crippen LogP) is 3.32. The van der Waals surface area contributed by atoms with Gasteiger partial charge in [-0.15, -0.1) is 0 Å². The summed E-state index contributed by atoms with van der Waals surface area (Å²) in [4.78, 5) is 19.4. The zero-order valence-corrected chi connectivity index (χ0v) is 14.3. The van der Waals surface area contributed by atoms with Gasteiger partial charge in [0.15, 0.2) is 0 Å². The summed E-state index contributed by atoms with van der Waals surface area (Å²) in [6.07, 6.45) is 1.69. The highest BCUT2D eigenvalue weighted by Gasteiger charge is 2.34. The second-order valence-corrected chi connectivity index (χ2v) is 6.70. The summed E-state index contributed by atoms with van der Waals surface area (Å²) in [5.74, 6) is 0.686. The molecule has 2 aromatic rings. The molecule has 5 heteroatoms. The number of nitriles is 1. The quantitative estimate of drug-likeness (QED) is 0.850. The molecule has 1 aromatic carbocycles. The Kier molecular flexibility index (Phi) is 4.15. The van der Waals surface area contributed by atoms with E-state index in [1.165, 1.54) is 0 Å². The zero-order chi connectivity index (χ0) is 17.3. The van der Waals surface area contributed by atoms with Crippen molar-refractivity contribution in [2.24, 2.45) is 5.41 Å². The third-order valence-electron chi connectivity index (χ3n) is 4.63. The molecule has 1 aliphatic heterocycles. The third kappa shape index (κ3) is 2.92. The topological polar surface area (TPSA) is 66.2 Å². The van der Waals surface area contributed by atoms with Crippen LogP contribution in [0.4, 0.5) is 0 Å². The van der Waals surface area contributed by atoms with Crippen LogP contribution in [0.3, 0.4) is 0 Å². The predicted molar refractivity (Wildman–Crippen MR) is 91.9 cm³/mol. The first kappa shape index (κ1) is 16.3. The van der Waals surface area contributed by atoms with Crippen molar-refractivity contribution in [1.82, 2.24) is 9.88 Å². The molecule has 1 aliphatic rings. The number of aromatic nitrogens is 1. The second kappa shape index (κ2) is 6.12. The van der Waals surface area contributed by atoms with Crippen LogP contribution in [0.15, 0.2) is 24.3 Å². The summed E-state index contributed by atoms with van der Waals surface area (Å²) in [6.45, 7) is 4.97. The highest BCUT2D eigenvalue weighted by molar-refractivity contribution is 6.06. The van der Waals surface area contributed by atoms with Gasteiger partial charge in [-0.2, -0.15) is 5.26 Å². The second-order valence-electron chi connectivity index (χ2n) is 6.70. The molecule has 124 valence electrons. The fourth-order valence-corrected chi connectivity index (χ4v) is 3.32. The van der Waals surface area contributed by atoms with Gasteiger partial charge in [0.1, 0.15) is 5.75 Å². The molecule has 0 bridgehead atoms. The van der Waals surface area contributed by atoms with Crippen molar-refractivity contribution in [2.75, 3.05) is 20.2 Å². The van der Waals surface area contributed by atoms with Crippen molar-refractivity contribution in [3.05, 3.63) is 35.5 Å². The number of fused-ring (bicyclic) bond motifs is 1. The minimum Gasteiger partial charge on any atom is -0.497 e. The number of benzene rings is 1. The van der Waals surface area contributed by atoms with Crippen molar-refractivity contribution in [2.45, 2.75) is 26.7 Å². The molecular formula is C19H21N3O2. The summed E-state index contributed by atoms with van der Waals surface area (Å²) in [5.41, 5.74) is 1.72. The van der Waals surface area contributed by atoms with E-state index in [2.05, 4.69) is 11.1 Å². The number of amides is 1. The average molecular weight is 323 g/mol. The Morgan fingerprint density at radius 2 is 2.21 bits per heavy atom. The third-order valence-corrected chi connectivity index (χ3v) is 4.63. The maximum atomic E-state index is 13.1. The van der Waals surface area contributed by atoms with Gasteiger partial charge >= 0.3 is 0 Å². The van der Waals surface area contributed by atoms with Gasteiger partial charge in [0.05, 0.1) is 29.7 Å². The minimum atomic E-state index is -0.463. The van der Waals surface area contributed by atoms with Gasteiger partial charge in [-0.05, 0) is 44.9 Å². The summed E-state index contributed by atoms with van der Waals surface area (Å²) in [5, 5.41) is 10.2. The Bertz CT molecular complexity index is 840. The Hall–Kier alpha value is -2.61. The molecule has 1 unspecified atom stereocenters. The number of carbonyl (C=O) groups excluding carboxylic acids is 1. The van der Waals surface area contributed by atoms with E-state index in [0.717, 1.165) is 29.4 Å². The van der Waals surface area contributed by atoms with Crippen molar-refractivity contribution in [3.8, 4) is 11.8 Å². The lowest BCUT2D eigenvalue weighted by Gasteiger charge is -2.36. The van der Waals surface area contributed by atoms with Crippen LogP contribution in [0.1, 0.15) is 35.8 Å². The number of rotatable bonds is 2. The smallest absolute Gasteiger partial charge is 0.254 e. The van der Waals surface area contributed by atoms with Gasteiger partial charge in [0.25, 0.3) is 5.91 Å². The van der Waals surface area contributed by atoms with Crippen LogP contribution >= 0.6 is 0 Å². The van der Waals surface area contributed by atoms with E-state index in [-0.39, 0.29) is 5.91 Å². The van der Waals surface area contributed by atoms with E-state index in [1.807, 2.05) is 38.1 Å².